The van der Waals surface area contributed by atoms with E-state index < -0.39 is 11.9 Å². The smallest absolute Gasteiger partial charge is 0.336 e. The Morgan fingerprint density at radius 3 is 2.71 bits per heavy atom. The quantitative estimate of drug-likeness (QED) is 0.580. The van der Waals surface area contributed by atoms with Gasteiger partial charge in [0.2, 0.25) is 0 Å². The van der Waals surface area contributed by atoms with Crippen molar-refractivity contribution < 1.29 is 13.2 Å². The lowest BCUT2D eigenvalue weighted by atomic mass is 9.78. The van der Waals surface area contributed by atoms with E-state index in [2.05, 4.69) is 43.0 Å². The second-order valence-electron chi connectivity index (χ2n) is 8.35. The van der Waals surface area contributed by atoms with Gasteiger partial charge in [-0.2, -0.15) is 13.2 Å². The Kier molecular flexibility index (Phi) is 5.25. The molecule has 1 aromatic carbocycles. The van der Waals surface area contributed by atoms with Gasteiger partial charge < -0.3 is 4.98 Å². The van der Waals surface area contributed by atoms with E-state index in [1.54, 1.807) is 0 Å². The number of aromatic amines is 1. The predicted octanol–water partition coefficient (Wildman–Crippen LogP) is 5.26. The summed E-state index contributed by atoms with van der Waals surface area (Å²) in [6.07, 6.45) is 4.44. The Hall–Kier alpha value is -2.74. The van der Waals surface area contributed by atoms with Crippen LogP contribution in [-0.2, 0) is 12.6 Å². The molecule has 0 radical (unpaired) electrons. The van der Waals surface area contributed by atoms with Crippen molar-refractivity contribution in [2.75, 3.05) is 13.1 Å². The summed E-state index contributed by atoms with van der Waals surface area (Å²) in [5.74, 6) is 0.339. The average Bonchev–Trinajstić information content (AvgIpc) is 3.24. The fourth-order valence-corrected chi connectivity index (χ4v) is 4.95. The molecular weight excluding hydrogens is 403 g/mol. The van der Waals surface area contributed by atoms with Gasteiger partial charge >= 0.3 is 6.18 Å². The van der Waals surface area contributed by atoms with Crippen molar-refractivity contribution in [2.24, 2.45) is 4.99 Å². The summed E-state index contributed by atoms with van der Waals surface area (Å²) in [5, 5.41) is 0.282. The number of nitrogens with one attached hydrogen (secondary N) is 1. The van der Waals surface area contributed by atoms with Crippen LogP contribution in [0.2, 0.25) is 0 Å². The first-order chi connectivity index (χ1) is 15.0. The monoisotopic (exact) mass is 427 g/mol. The molecule has 5 rings (SSSR count). The summed E-state index contributed by atoms with van der Waals surface area (Å²) in [4.78, 5) is 17.6. The molecule has 0 amide bonds. The van der Waals surface area contributed by atoms with E-state index in [9.17, 15) is 13.2 Å². The van der Waals surface area contributed by atoms with Gasteiger partial charge in [0, 0.05) is 18.2 Å². The standard InChI is InChI=1S/C23H24F3N5/c24-23(25,26)20-12-17-21(28-14-29-22(17)30-20)27-13-18-16-7-3-2-6-15(16)8-9-19(18)31-10-4-1-5-11-31/h2-3,6-7,12-14,18-19H,1,4-5,8-11H2,(H,28,29,30)/t18?,19-/m0/s1. The Bertz CT molecular complexity index is 1100. The second kappa shape index (κ2) is 8.07. The molecule has 3 heterocycles. The fraction of sp³-hybridized carbons (Fsp3) is 0.435. The van der Waals surface area contributed by atoms with E-state index in [1.165, 1.54) is 36.7 Å². The van der Waals surface area contributed by atoms with Gasteiger partial charge in [0.15, 0.2) is 5.82 Å². The van der Waals surface area contributed by atoms with Gasteiger partial charge in [0.25, 0.3) is 0 Å². The van der Waals surface area contributed by atoms with Gasteiger partial charge in [-0.05, 0) is 56.0 Å². The van der Waals surface area contributed by atoms with Crippen LogP contribution in [0.3, 0.4) is 0 Å². The van der Waals surface area contributed by atoms with Crippen LogP contribution in [-0.4, -0.2) is 45.2 Å². The summed E-state index contributed by atoms with van der Waals surface area (Å²) < 4.78 is 39.4. The van der Waals surface area contributed by atoms with Crippen molar-refractivity contribution in [1.82, 2.24) is 19.9 Å². The number of aryl methyl sites for hydroxylation is 1. The van der Waals surface area contributed by atoms with Crippen molar-refractivity contribution >= 4 is 23.1 Å². The van der Waals surface area contributed by atoms with Gasteiger partial charge in [-0.25, -0.2) is 15.0 Å². The summed E-state index contributed by atoms with van der Waals surface area (Å²) >= 11 is 0. The van der Waals surface area contributed by atoms with E-state index in [0.717, 1.165) is 32.0 Å². The lowest BCUT2D eigenvalue weighted by molar-refractivity contribution is -0.140. The summed E-state index contributed by atoms with van der Waals surface area (Å²) in [7, 11) is 0. The summed E-state index contributed by atoms with van der Waals surface area (Å²) in [6.45, 7) is 2.17. The van der Waals surface area contributed by atoms with Crippen molar-refractivity contribution in [3.05, 3.63) is 53.5 Å². The third-order valence-corrected chi connectivity index (χ3v) is 6.47. The van der Waals surface area contributed by atoms with Crippen LogP contribution in [0.5, 0.6) is 0 Å². The lowest BCUT2D eigenvalue weighted by Crippen LogP contribution is -2.45. The van der Waals surface area contributed by atoms with E-state index in [0.29, 0.717) is 6.04 Å². The normalized spacial score (nSPS) is 22.8. The Balaban J connectivity index is 1.52. The number of nitrogens with zero attached hydrogens (tertiary/aromatic N) is 4. The Morgan fingerprint density at radius 2 is 1.90 bits per heavy atom. The van der Waals surface area contributed by atoms with Crippen LogP contribution in [0.1, 0.15) is 48.4 Å². The number of H-pyrrole nitrogens is 1. The topological polar surface area (TPSA) is 57.2 Å². The SMILES string of the molecule is FC(F)(F)c1cc2c(N=CC3c4ccccc4CC[C@@H]3N3CCCCC3)ncnc2[nH]1. The molecule has 1 saturated heterocycles. The number of likely N-dealkylation sites (tertiary alicyclic amines) is 1. The van der Waals surface area contributed by atoms with Crippen LogP contribution in [0.15, 0.2) is 41.7 Å². The van der Waals surface area contributed by atoms with E-state index in [1.807, 2.05) is 12.3 Å². The van der Waals surface area contributed by atoms with E-state index in [-0.39, 0.29) is 22.8 Å². The van der Waals surface area contributed by atoms with Crippen molar-refractivity contribution in [1.29, 1.82) is 0 Å². The van der Waals surface area contributed by atoms with Crippen molar-refractivity contribution in [2.45, 2.75) is 50.2 Å². The number of halogens is 3. The molecule has 0 saturated carbocycles. The number of alkyl halides is 3. The summed E-state index contributed by atoms with van der Waals surface area (Å²) in [5.41, 5.74) is 1.88. The largest absolute Gasteiger partial charge is 0.431 e. The van der Waals surface area contributed by atoms with Crippen molar-refractivity contribution in [3.8, 4) is 0 Å². The van der Waals surface area contributed by atoms with Crippen molar-refractivity contribution in [3.63, 3.8) is 0 Å². The molecule has 8 heteroatoms. The molecule has 5 nitrogen and oxygen atoms in total. The molecular formula is C23H24F3N5. The van der Waals surface area contributed by atoms with E-state index in [4.69, 9.17) is 0 Å². The molecule has 2 aromatic heterocycles. The zero-order chi connectivity index (χ0) is 21.4. The minimum Gasteiger partial charge on any atom is -0.336 e. The Morgan fingerprint density at radius 1 is 1.10 bits per heavy atom. The highest BCUT2D eigenvalue weighted by atomic mass is 19.4. The van der Waals surface area contributed by atoms with Gasteiger partial charge in [-0.15, -0.1) is 0 Å². The highest BCUT2D eigenvalue weighted by Gasteiger charge is 2.34. The Labute approximate surface area is 178 Å². The highest BCUT2D eigenvalue weighted by Crippen LogP contribution is 2.36. The molecule has 1 unspecified atom stereocenters. The molecule has 162 valence electrons. The number of piperidine rings is 1. The minimum absolute atomic E-state index is 0.0779. The number of hydrogen-bond donors (Lipinski definition) is 1. The van der Waals surface area contributed by atoms with Crippen LogP contribution in [0.25, 0.3) is 11.0 Å². The maximum absolute atomic E-state index is 13.1. The number of fused-ring (bicyclic) bond motifs is 2. The van der Waals surface area contributed by atoms with Crippen LogP contribution < -0.4 is 0 Å². The first-order valence-electron chi connectivity index (χ1n) is 10.8. The zero-order valence-electron chi connectivity index (χ0n) is 17.1. The molecule has 0 spiro atoms. The molecule has 1 aliphatic carbocycles. The zero-order valence-corrected chi connectivity index (χ0v) is 17.1. The molecule has 1 aliphatic heterocycles. The number of aromatic nitrogens is 3. The van der Waals surface area contributed by atoms with E-state index >= 15 is 0 Å². The maximum atomic E-state index is 13.1. The molecule has 1 fully saturated rings. The van der Waals surface area contributed by atoms with Crippen LogP contribution >= 0.6 is 0 Å². The van der Waals surface area contributed by atoms with Gasteiger partial charge in [-0.3, -0.25) is 4.90 Å². The number of rotatable bonds is 3. The third kappa shape index (κ3) is 3.96. The fourth-order valence-electron chi connectivity index (χ4n) is 4.95. The number of benzene rings is 1. The molecule has 31 heavy (non-hydrogen) atoms. The first kappa shape index (κ1) is 20.2. The average molecular weight is 427 g/mol. The van der Waals surface area contributed by atoms with Crippen LogP contribution in [0, 0.1) is 0 Å². The molecule has 3 aromatic rings. The number of hydrogen-bond acceptors (Lipinski definition) is 4. The molecule has 2 atom stereocenters. The summed E-state index contributed by atoms with van der Waals surface area (Å²) in [6, 6.07) is 9.79. The molecule has 2 aliphatic rings. The van der Waals surface area contributed by atoms with Gasteiger partial charge in [0.05, 0.1) is 5.39 Å². The van der Waals surface area contributed by atoms with Gasteiger partial charge in [0.1, 0.15) is 17.7 Å². The first-order valence-corrected chi connectivity index (χ1v) is 10.8. The highest BCUT2D eigenvalue weighted by molar-refractivity contribution is 5.88. The third-order valence-electron chi connectivity index (χ3n) is 6.47. The molecule has 1 N–H and O–H groups in total. The second-order valence-corrected chi connectivity index (χ2v) is 8.35. The maximum Gasteiger partial charge on any atom is 0.431 e. The minimum atomic E-state index is -4.47. The molecule has 0 bridgehead atoms. The lowest BCUT2D eigenvalue weighted by Gasteiger charge is -2.41. The predicted molar refractivity (Wildman–Crippen MR) is 114 cm³/mol. The van der Waals surface area contributed by atoms with Gasteiger partial charge in [-0.1, -0.05) is 30.7 Å². The van der Waals surface area contributed by atoms with Crippen LogP contribution in [0.4, 0.5) is 19.0 Å². The number of aliphatic imine (C=N–C) groups is 1.